The van der Waals surface area contributed by atoms with E-state index in [1.54, 1.807) is 20.8 Å². The van der Waals surface area contributed by atoms with Gasteiger partial charge in [-0.2, -0.15) is 0 Å². The maximum atomic E-state index is 14.1. The number of methoxy groups -OCH3 is 1. The monoisotopic (exact) mass is 599 g/mol. The first-order valence-corrected chi connectivity index (χ1v) is 15.0. The number of nitrogens with one attached hydrogen (secondary N) is 1. The van der Waals surface area contributed by atoms with Gasteiger partial charge in [0.25, 0.3) is 0 Å². The molecule has 1 aromatic carbocycles. The largest absolute Gasteiger partial charge is 0.483 e. The van der Waals surface area contributed by atoms with E-state index in [-0.39, 0.29) is 18.9 Å². The normalized spacial score (nSPS) is 20.5. The molecule has 1 N–H and O–H groups in total. The molecular weight excluding hydrogens is 558 g/mol. The molecule has 3 atom stereocenters. The maximum absolute atomic E-state index is 14.1. The predicted molar refractivity (Wildman–Crippen MR) is 162 cm³/mol. The van der Waals surface area contributed by atoms with Gasteiger partial charge in [0.2, 0.25) is 5.91 Å². The Balaban J connectivity index is 1.61. The molecule has 4 rings (SSSR count). The summed E-state index contributed by atoms with van der Waals surface area (Å²) in [6.45, 7) is 11.1. The molecule has 0 saturated carbocycles. The van der Waals surface area contributed by atoms with Gasteiger partial charge in [-0.3, -0.25) is 4.79 Å². The number of halogens is 1. The molecule has 42 heavy (non-hydrogen) atoms. The van der Waals surface area contributed by atoms with E-state index in [4.69, 9.17) is 30.8 Å². The van der Waals surface area contributed by atoms with Crippen LogP contribution >= 0.6 is 11.6 Å². The van der Waals surface area contributed by atoms with E-state index in [0.29, 0.717) is 36.5 Å². The molecule has 1 spiro atoms. The van der Waals surface area contributed by atoms with Crippen LogP contribution < -0.4 is 10.1 Å². The average Bonchev–Trinajstić information content (AvgIpc) is 3.29. The van der Waals surface area contributed by atoms with Crippen molar-refractivity contribution in [2.24, 2.45) is 0 Å². The minimum absolute atomic E-state index is 0.182. The van der Waals surface area contributed by atoms with Gasteiger partial charge < -0.3 is 24.4 Å². The number of unbranched alkanes of at least 4 members (excludes halogenated alkanes) is 3. The first kappa shape index (κ1) is 31.6. The molecule has 2 aromatic rings. The summed E-state index contributed by atoms with van der Waals surface area (Å²) >= 11 is 6.30. The molecule has 1 aromatic heterocycles. The number of aromatic nitrogens is 1. The zero-order valence-corrected chi connectivity index (χ0v) is 26.0. The van der Waals surface area contributed by atoms with Gasteiger partial charge in [-0.1, -0.05) is 30.5 Å². The van der Waals surface area contributed by atoms with Crippen LogP contribution in [0.25, 0.3) is 10.9 Å². The van der Waals surface area contributed by atoms with Crippen molar-refractivity contribution in [3.8, 4) is 5.75 Å². The van der Waals surface area contributed by atoms with Crippen LogP contribution in [-0.4, -0.2) is 64.8 Å². The molecular formula is C32H42ClN3O6. The number of pyridine rings is 1. The topological polar surface area (TPSA) is 107 Å². The van der Waals surface area contributed by atoms with Crippen molar-refractivity contribution in [3.63, 3.8) is 0 Å². The van der Waals surface area contributed by atoms with Gasteiger partial charge in [-0.05, 0) is 78.0 Å². The lowest BCUT2D eigenvalue weighted by Crippen LogP contribution is -2.53. The summed E-state index contributed by atoms with van der Waals surface area (Å²) in [5.74, 6) is -0.206. The molecule has 1 fully saturated rings. The van der Waals surface area contributed by atoms with Crippen LogP contribution in [0.5, 0.6) is 5.75 Å². The molecule has 10 heteroatoms. The lowest BCUT2D eigenvalue weighted by Gasteiger charge is -2.36. The molecule has 3 heterocycles. The number of esters is 1. The molecule has 0 unspecified atom stereocenters. The van der Waals surface area contributed by atoms with E-state index in [1.165, 1.54) is 12.0 Å². The Bertz CT molecular complexity index is 1360. The van der Waals surface area contributed by atoms with Gasteiger partial charge in [0, 0.05) is 22.4 Å². The molecule has 2 amide bonds. The zero-order chi connectivity index (χ0) is 30.7. The van der Waals surface area contributed by atoms with Crippen molar-refractivity contribution >= 4 is 40.5 Å². The van der Waals surface area contributed by atoms with Gasteiger partial charge >= 0.3 is 12.1 Å². The summed E-state index contributed by atoms with van der Waals surface area (Å²) in [4.78, 5) is 46.1. The van der Waals surface area contributed by atoms with Crippen molar-refractivity contribution in [2.45, 2.75) is 102 Å². The average molecular weight is 600 g/mol. The number of hydrogen-bond acceptors (Lipinski definition) is 7. The second-order valence-electron chi connectivity index (χ2n) is 12.3. The van der Waals surface area contributed by atoms with Crippen LogP contribution in [0.2, 0.25) is 5.02 Å². The molecule has 0 bridgehead atoms. The summed E-state index contributed by atoms with van der Waals surface area (Å²) in [7, 11) is 1.31. The fraction of sp³-hybridized carbons (Fsp3) is 0.562. The van der Waals surface area contributed by atoms with Crippen LogP contribution in [0.4, 0.5) is 4.79 Å². The number of amides is 2. The summed E-state index contributed by atoms with van der Waals surface area (Å²) in [5.41, 5.74) is 1.07. The summed E-state index contributed by atoms with van der Waals surface area (Å²) in [6, 6.07) is 3.89. The van der Waals surface area contributed by atoms with E-state index in [2.05, 4.69) is 11.9 Å². The van der Waals surface area contributed by atoms with Gasteiger partial charge in [-0.15, -0.1) is 6.58 Å². The SMILES string of the molecule is C=CCCCCC[C@H](NC(=O)OC(C)(C)C)C(=O)N1C[C@]2(CCc3c(c(C)nc4ccc(Cl)cc34)O2)C[C@H]1C(=O)OC. The molecule has 228 valence electrons. The highest BCUT2D eigenvalue weighted by atomic mass is 35.5. The van der Waals surface area contributed by atoms with E-state index in [1.807, 2.05) is 31.2 Å². The summed E-state index contributed by atoms with van der Waals surface area (Å²) in [6.07, 6.45) is 6.55. The fourth-order valence-electron chi connectivity index (χ4n) is 5.93. The minimum Gasteiger partial charge on any atom is -0.483 e. The van der Waals surface area contributed by atoms with E-state index >= 15 is 0 Å². The van der Waals surface area contributed by atoms with Crippen molar-refractivity contribution in [1.29, 1.82) is 0 Å². The Morgan fingerprint density at radius 1 is 1.29 bits per heavy atom. The Hall–Kier alpha value is -3.33. The Morgan fingerprint density at radius 3 is 2.74 bits per heavy atom. The number of rotatable bonds is 9. The van der Waals surface area contributed by atoms with Crippen LogP contribution in [0.1, 0.15) is 77.0 Å². The third-order valence-corrected chi connectivity index (χ3v) is 8.11. The summed E-state index contributed by atoms with van der Waals surface area (Å²) < 4.78 is 17.3. The predicted octanol–water partition coefficient (Wildman–Crippen LogP) is 6.06. The highest BCUT2D eigenvalue weighted by molar-refractivity contribution is 6.31. The van der Waals surface area contributed by atoms with Crippen LogP contribution in [0.3, 0.4) is 0 Å². The number of allylic oxidation sites excluding steroid dienone is 1. The van der Waals surface area contributed by atoms with Crippen molar-refractivity contribution in [1.82, 2.24) is 15.2 Å². The van der Waals surface area contributed by atoms with Crippen molar-refractivity contribution in [2.75, 3.05) is 13.7 Å². The Morgan fingerprint density at radius 2 is 2.05 bits per heavy atom. The maximum Gasteiger partial charge on any atom is 0.408 e. The molecule has 9 nitrogen and oxygen atoms in total. The number of benzene rings is 1. The van der Waals surface area contributed by atoms with Gasteiger partial charge in [0.15, 0.2) is 0 Å². The van der Waals surface area contributed by atoms with E-state index in [0.717, 1.165) is 41.4 Å². The quantitative estimate of drug-likeness (QED) is 0.212. The third-order valence-electron chi connectivity index (χ3n) is 7.87. The van der Waals surface area contributed by atoms with Gasteiger partial charge in [0.1, 0.15) is 29.0 Å². The third kappa shape index (κ3) is 7.17. The lowest BCUT2D eigenvalue weighted by molar-refractivity contribution is -0.151. The molecule has 0 aliphatic carbocycles. The van der Waals surface area contributed by atoms with E-state index in [9.17, 15) is 14.4 Å². The summed E-state index contributed by atoms with van der Waals surface area (Å²) in [5, 5.41) is 4.33. The van der Waals surface area contributed by atoms with Crippen LogP contribution in [0.15, 0.2) is 30.9 Å². The number of fused-ring (bicyclic) bond motifs is 3. The first-order valence-electron chi connectivity index (χ1n) is 14.6. The smallest absolute Gasteiger partial charge is 0.408 e. The first-order chi connectivity index (χ1) is 19.9. The standard InChI is InChI=1S/C32H42ClN3O6/c1-7-8-9-10-11-12-25(35-30(39)42-31(3,4)5)28(37)36-19-32(18-26(36)29(38)40-6)16-15-22-23-17-21(33)13-14-24(23)34-20(2)27(22)41-32/h7,13-14,17,25-26H,1,8-12,15-16,18-19H2,2-6H3,(H,35,39)/t25-,26-,32-/m0/s1. The Kier molecular flexibility index (Phi) is 9.70. The number of nitrogens with zero attached hydrogens (tertiary/aromatic N) is 2. The zero-order valence-electron chi connectivity index (χ0n) is 25.3. The van der Waals surface area contributed by atoms with Crippen LogP contribution in [-0.2, 0) is 25.5 Å². The highest BCUT2D eigenvalue weighted by Crippen LogP contribution is 2.45. The number of likely N-dealkylation sites (tertiary alicyclic amines) is 1. The number of carbonyl (C=O) groups excluding carboxylic acids is 3. The van der Waals surface area contributed by atoms with Crippen molar-refractivity contribution < 1.29 is 28.6 Å². The number of ether oxygens (including phenoxy) is 3. The fourth-order valence-corrected chi connectivity index (χ4v) is 6.10. The van der Waals surface area contributed by atoms with Gasteiger partial charge in [0.05, 0.1) is 24.9 Å². The van der Waals surface area contributed by atoms with Crippen molar-refractivity contribution in [3.05, 3.63) is 47.1 Å². The Labute approximate surface area is 252 Å². The number of aryl methyl sites for hydroxylation is 2. The molecule has 2 aliphatic rings. The number of carbonyl (C=O) groups is 3. The second-order valence-corrected chi connectivity index (χ2v) is 12.7. The lowest BCUT2D eigenvalue weighted by atomic mass is 9.87. The number of alkyl carbamates (subject to hydrolysis) is 1. The molecule has 1 saturated heterocycles. The molecule has 0 radical (unpaired) electrons. The van der Waals surface area contributed by atoms with Crippen LogP contribution in [0, 0.1) is 6.92 Å². The molecule has 2 aliphatic heterocycles. The highest BCUT2D eigenvalue weighted by Gasteiger charge is 2.53. The number of hydrogen-bond donors (Lipinski definition) is 1. The van der Waals surface area contributed by atoms with Gasteiger partial charge in [-0.25, -0.2) is 14.6 Å². The minimum atomic E-state index is -0.865. The second kappa shape index (κ2) is 12.9. The van der Waals surface area contributed by atoms with E-state index < -0.39 is 35.3 Å².